The third kappa shape index (κ3) is 2.53. The lowest BCUT2D eigenvalue weighted by molar-refractivity contribution is 0.480. The molecule has 2 aromatic carbocycles. The van der Waals surface area contributed by atoms with Crippen molar-refractivity contribution in [3.63, 3.8) is 0 Å². The number of nitrogens with zero attached hydrogens (tertiary/aromatic N) is 1. The number of nitrogen functional groups attached to an aromatic ring is 1. The van der Waals surface area contributed by atoms with Crippen molar-refractivity contribution in [1.82, 2.24) is 0 Å². The van der Waals surface area contributed by atoms with Crippen LogP contribution < -0.4 is 10.5 Å². The zero-order valence-electron chi connectivity index (χ0n) is 9.15. The fraction of sp³-hybridized carbons (Fsp3) is 0. The largest absolute Gasteiger partial charge is 0.457 e. The van der Waals surface area contributed by atoms with Gasteiger partial charge in [-0.3, -0.25) is 0 Å². The van der Waals surface area contributed by atoms with Gasteiger partial charge in [-0.1, -0.05) is 11.6 Å². The molecule has 0 radical (unpaired) electrons. The molecular formula is C13H8ClFN2O. The van der Waals surface area contributed by atoms with Gasteiger partial charge < -0.3 is 10.5 Å². The Kier molecular flexibility index (Phi) is 3.35. The summed E-state index contributed by atoms with van der Waals surface area (Å²) in [5.41, 5.74) is 6.29. The average Bonchev–Trinajstić information content (AvgIpc) is 2.36. The lowest BCUT2D eigenvalue weighted by Gasteiger charge is -2.07. The smallest absolute Gasteiger partial charge is 0.142 e. The van der Waals surface area contributed by atoms with Crippen LogP contribution in [0, 0.1) is 17.1 Å². The van der Waals surface area contributed by atoms with Crippen LogP contribution in [-0.2, 0) is 0 Å². The highest BCUT2D eigenvalue weighted by atomic mass is 35.5. The summed E-state index contributed by atoms with van der Waals surface area (Å²) in [4.78, 5) is 0. The minimum absolute atomic E-state index is 0.0246. The van der Waals surface area contributed by atoms with Crippen LogP contribution in [0.3, 0.4) is 0 Å². The van der Waals surface area contributed by atoms with E-state index in [4.69, 9.17) is 27.3 Å². The van der Waals surface area contributed by atoms with Crippen molar-refractivity contribution in [3.8, 4) is 17.6 Å². The molecule has 3 nitrogen and oxygen atoms in total. The van der Waals surface area contributed by atoms with E-state index >= 15 is 0 Å². The van der Waals surface area contributed by atoms with Gasteiger partial charge in [0.25, 0.3) is 0 Å². The van der Waals surface area contributed by atoms with E-state index in [2.05, 4.69) is 0 Å². The molecule has 0 atom stereocenters. The molecule has 2 aromatic rings. The summed E-state index contributed by atoms with van der Waals surface area (Å²) in [5.74, 6) is 0.303. The van der Waals surface area contributed by atoms with Gasteiger partial charge in [0.15, 0.2) is 0 Å². The standard InChI is InChI=1S/C13H8ClFN2O/c14-11-6-10(1-3-12(11)15)18-9-2-4-13(17)8(5-9)7-16/h1-6H,17H2. The molecule has 2 rings (SSSR count). The predicted molar refractivity (Wildman–Crippen MR) is 67.1 cm³/mol. The molecule has 90 valence electrons. The molecule has 0 aliphatic rings. The highest BCUT2D eigenvalue weighted by Gasteiger charge is 2.05. The van der Waals surface area contributed by atoms with Crippen molar-refractivity contribution in [2.45, 2.75) is 0 Å². The Balaban J connectivity index is 2.29. The molecule has 18 heavy (non-hydrogen) atoms. The van der Waals surface area contributed by atoms with Crippen molar-refractivity contribution in [2.75, 3.05) is 5.73 Å². The van der Waals surface area contributed by atoms with Gasteiger partial charge in [0.1, 0.15) is 23.4 Å². The van der Waals surface area contributed by atoms with E-state index in [0.29, 0.717) is 22.7 Å². The summed E-state index contributed by atoms with van der Waals surface area (Å²) in [7, 11) is 0. The summed E-state index contributed by atoms with van der Waals surface area (Å²) in [6.07, 6.45) is 0. The second kappa shape index (κ2) is 4.94. The molecule has 0 fully saturated rings. The fourth-order valence-electron chi connectivity index (χ4n) is 1.37. The molecule has 0 aliphatic carbocycles. The van der Waals surface area contributed by atoms with E-state index < -0.39 is 5.82 Å². The molecular weight excluding hydrogens is 255 g/mol. The van der Waals surface area contributed by atoms with E-state index in [1.54, 1.807) is 12.1 Å². The van der Waals surface area contributed by atoms with Crippen LogP contribution in [-0.4, -0.2) is 0 Å². The minimum Gasteiger partial charge on any atom is -0.457 e. The second-order valence-corrected chi connectivity index (χ2v) is 3.95. The molecule has 0 saturated carbocycles. The number of hydrogen-bond donors (Lipinski definition) is 1. The van der Waals surface area contributed by atoms with Crippen LogP contribution in [0.5, 0.6) is 11.5 Å². The lowest BCUT2D eigenvalue weighted by atomic mass is 10.2. The molecule has 0 unspecified atom stereocenters. The lowest BCUT2D eigenvalue weighted by Crippen LogP contribution is -1.92. The zero-order valence-corrected chi connectivity index (χ0v) is 9.91. The maximum absolute atomic E-state index is 13.0. The van der Waals surface area contributed by atoms with Crippen LogP contribution in [0.4, 0.5) is 10.1 Å². The summed E-state index contributed by atoms with van der Waals surface area (Å²) >= 11 is 5.64. The maximum Gasteiger partial charge on any atom is 0.142 e. The third-order valence-corrected chi connectivity index (χ3v) is 2.56. The number of ether oxygens (including phenoxy) is 1. The average molecular weight is 263 g/mol. The number of benzene rings is 2. The molecule has 2 N–H and O–H groups in total. The van der Waals surface area contributed by atoms with Crippen LogP contribution in [0.15, 0.2) is 36.4 Å². The fourth-order valence-corrected chi connectivity index (χ4v) is 1.54. The zero-order chi connectivity index (χ0) is 13.1. The van der Waals surface area contributed by atoms with Crippen molar-refractivity contribution in [3.05, 3.63) is 52.8 Å². The van der Waals surface area contributed by atoms with Gasteiger partial charge in [-0.15, -0.1) is 0 Å². The Morgan fingerprint density at radius 1 is 1.17 bits per heavy atom. The number of nitrogens with two attached hydrogens (primary N) is 1. The van der Waals surface area contributed by atoms with Gasteiger partial charge in [-0.2, -0.15) is 5.26 Å². The molecule has 0 aromatic heterocycles. The van der Waals surface area contributed by atoms with Gasteiger partial charge in [0, 0.05) is 17.8 Å². The van der Waals surface area contributed by atoms with Crippen molar-refractivity contribution in [1.29, 1.82) is 5.26 Å². The molecule has 0 spiro atoms. The van der Waals surface area contributed by atoms with Crippen LogP contribution in [0.25, 0.3) is 0 Å². The Morgan fingerprint density at radius 2 is 1.83 bits per heavy atom. The van der Waals surface area contributed by atoms with Gasteiger partial charge in [0.05, 0.1) is 10.6 Å². The normalized spacial score (nSPS) is 9.83. The SMILES string of the molecule is N#Cc1cc(Oc2ccc(F)c(Cl)c2)ccc1N. The molecule has 0 bridgehead atoms. The van der Waals surface area contributed by atoms with E-state index in [1.807, 2.05) is 6.07 Å². The van der Waals surface area contributed by atoms with Gasteiger partial charge >= 0.3 is 0 Å². The number of halogens is 2. The summed E-state index contributed by atoms with van der Waals surface area (Å²) in [6, 6.07) is 10.7. The first-order valence-corrected chi connectivity index (χ1v) is 5.40. The quantitative estimate of drug-likeness (QED) is 0.839. The molecule has 0 heterocycles. The van der Waals surface area contributed by atoms with Crippen LogP contribution >= 0.6 is 11.6 Å². The van der Waals surface area contributed by atoms with E-state index in [-0.39, 0.29) is 5.02 Å². The molecule has 5 heteroatoms. The predicted octanol–water partition coefficient (Wildman–Crippen LogP) is 3.73. The van der Waals surface area contributed by atoms with Crippen LogP contribution in [0.2, 0.25) is 5.02 Å². The molecule has 0 aliphatic heterocycles. The first-order valence-electron chi connectivity index (χ1n) is 5.02. The Bertz CT molecular complexity index is 637. The van der Waals surface area contributed by atoms with E-state index in [0.717, 1.165) is 0 Å². The van der Waals surface area contributed by atoms with Crippen molar-refractivity contribution in [2.24, 2.45) is 0 Å². The monoisotopic (exact) mass is 262 g/mol. The minimum atomic E-state index is -0.515. The molecule has 0 saturated heterocycles. The van der Waals surface area contributed by atoms with Crippen molar-refractivity contribution >= 4 is 17.3 Å². The Labute approximate surface area is 108 Å². The number of hydrogen-bond acceptors (Lipinski definition) is 3. The third-order valence-electron chi connectivity index (χ3n) is 2.27. The summed E-state index contributed by atoms with van der Waals surface area (Å²) < 4.78 is 18.4. The van der Waals surface area contributed by atoms with Crippen LogP contribution in [0.1, 0.15) is 5.56 Å². The van der Waals surface area contributed by atoms with Gasteiger partial charge in [-0.05, 0) is 24.3 Å². The number of rotatable bonds is 2. The topological polar surface area (TPSA) is 59.0 Å². The number of nitriles is 1. The van der Waals surface area contributed by atoms with Crippen molar-refractivity contribution < 1.29 is 9.13 Å². The van der Waals surface area contributed by atoms with Gasteiger partial charge in [0.2, 0.25) is 0 Å². The van der Waals surface area contributed by atoms with E-state index in [1.165, 1.54) is 24.3 Å². The second-order valence-electron chi connectivity index (χ2n) is 3.54. The van der Waals surface area contributed by atoms with Gasteiger partial charge in [-0.25, -0.2) is 4.39 Å². The summed E-state index contributed by atoms with van der Waals surface area (Å²) in [6.45, 7) is 0. The highest BCUT2D eigenvalue weighted by molar-refractivity contribution is 6.30. The number of anilines is 1. The van der Waals surface area contributed by atoms with E-state index in [9.17, 15) is 4.39 Å². The Morgan fingerprint density at radius 3 is 2.50 bits per heavy atom. The summed E-state index contributed by atoms with van der Waals surface area (Å²) in [5, 5.41) is 8.81. The highest BCUT2D eigenvalue weighted by Crippen LogP contribution is 2.27. The maximum atomic E-state index is 13.0. The molecule has 0 amide bonds. The Hall–Kier alpha value is -2.25. The first kappa shape index (κ1) is 12.2. The first-order chi connectivity index (χ1) is 8.60.